The molecule has 24 heavy (non-hydrogen) atoms. The molecule has 0 unspecified atom stereocenters. The summed E-state index contributed by atoms with van der Waals surface area (Å²) >= 11 is 5.81. The van der Waals surface area contributed by atoms with Gasteiger partial charge in [0.1, 0.15) is 5.75 Å². The first-order chi connectivity index (χ1) is 11.4. The quantitative estimate of drug-likeness (QED) is 0.782. The zero-order chi connectivity index (χ0) is 17.7. The Balaban J connectivity index is 1.82. The highest BCUT2D eigenvalue weighted by molar-refractivity contribution is 6.32. The van der Waals surface area contributed by atoms with Gasteiger partial charge in [-0.3, -0.25) is 9.59 Å². The van der Waals surface area contributed by atoms with E-state index in [9.17, 15) is 14.7 Å². The summed E-state index contributed by atoms with van der Waals surface area (Å²) in [7, 11) is 3.97. The van der Waals surface area contributed by atoms with Crippen molar-refractivity contribution in [3.63, 3.8) is 0 Å². The minimum atomic E-state index is -0.235. The first kappa shape index (κ1) is 18.5. The Hall–Kier alpha value is -1.79. The van der Waals surface area contributed by atoms with Crippen LogP contribution in [0.2, 0.25) is 5.02 Å². The molecule has 1 aliphatic rings. The second-order valence-corrected chi connectivity index (χ2v) is 6.70. The number of aromatic hydroxyl groups is 1. The molecule has 2 amide bonds. The lowest BCUT2D eigenvalue weighted by Crippen LogP contribution is -2.40. The van der Waals surface area contributed by atoms with E-state index in [1.54, 1.807) is 0 Å². The number of likely N-dealkylation sites (N-methyl/N-ethyl adjacent to an activating group) is 1. The van der Waals surface area contributed by atoms with E-state index in [1.807, 2.05) is 19.0 Å². The Morgan fingerprint density at radius 3 is 2.88 bits per heavy atom. The number of nitrogens with one attached hydrogen (secondary N) is 1. The maximum Gasteiger partial charge on any atom is 0.251 e. The predicted octanol–water partition coefficient (Wildman–Crippen LogP) is 1.72. The molecule has 0 spiro atoms. The monoisotopic (exact) mass is 353 g/mol. The molecule has 2 rings (SSSR count). The lowest BCUT2D eigenvalue weighted by Gasteiger charge is -2.26. The summed E-state index contributed by atoms with van der Waals surface area (Å²) in [5.41, 5.74) is 0.407. The molecule has 2 N–H and O–H groups in total. The molecule has 6 nitrogen and oxygen atoms in total. The number of carbonyl (C=O) groups is 2. The van der Waals surface area contributed by atoms with Crippen LogP contribution in [-0.2, 0) is 4.79 Å². The summed E-state index contributed by atoms with van der Waals surface area (Å²) in [6, 6.07) is 4.55. The molecule has 0 aliphatic carbocycles. The third-order valence-electron chi connectivity index (χ3n) is 4.21. The van der Waals surface area contributed by atoms with Crippen molar-refractivity contribution in [3.8, 4) is 5.75 Å². The van der Waals surface area contributed by atoms with Crippen molar-refractivity contribution >= 4 is 23.4 Å². The van der Waals surface area contributed by atoms with Gasteiger partial charge in [0, 0.05) is 37.7 Å². The van der Waals surface area contributed by atoms with Crippen LogP contribution in [-0.4, -0.2) is 66.5 Å². The van der Waals surface area contributed by atoms with Crippen molar-refractivity contribution < 1.29 is 14.7 Å². The second-order valence-electron chi connectivity index (χ2n) is 6.29. The average molecular weight is 354 g/mol. The normalized spacial score (nSPS) is 17.6. The van der Waals surface area contributed by atoms with E-state index in [2.05, 4.69) is 10.2 Å². The van der Waals surface area contributed by atoms with Crippen LogP contribution in [0.3, 0.4) is 0 Å². The molecule has 1 atom stereocenters. The first-order valence-electron chi connectivity index (χ1n) is 8.09. The number of carbonyl (C=O) groups excluding carboxylic acids is 2. The largest absolute Gasteiger partial charge is 0.506 e. The molecule has 0 radical (unpaired) electrons. The fraction of sp³-hybridized carbons (Fsp3) is 0.529. The molecule has 1 aliphatic heterocycles. The molecule has 1 fully saturated rings. The number of hydrogen-bond acceptors (Lipinski definition) is 4. The predicted molar refractivity (Wildman–Crippen MR) is 93.4 cm³/mol. The van der Waals surface area contributed by atoms with Crippen LogP contribution >= 0.6 is 11.6 Å². The standard InChI is InChI=1S/C17H24ClN3O3/c1-20(2)9-10-21-13(4-6-16(21)23)7-8-19-17(24)12-3-5-15(22)14(18)11-12/h3,5,11,13,22H,4,6-10H2,1-2H3,(H,19,24)/t13-/m1/s1. The van der Waals surface area contributed by atoms with Crippen LogP contribution in [0, 0.1) is 0 Å². The van der Waals surface area contributed by atoms with Crippen LogP contribution in [0.5, 0.6) is 5.75 Å². The minimum absolute atomic E-state index is 0.0470. The zero-order valence-electron chi connectivity index (χ0n) is 14.1. The summed E-state index contributed by atoms with van der Waals surface area (Å²) < 4.78 is 0. The van der Waals surface area contributed by atoms with Gasteiger partial charge in [-0.15, -0.1) is 0 Å². The fourth-order valence-corrected chi connectivity index (χ4v) is 2.99. The van der Waals surface area contributed by atoms with Gasteiger partial charge >= 0.3 is 0 Å². The number of benzene rings is 1. The van der Waals surface area contributed by atoms with E-state index in [-0.39, 0.29) is 28.6 Å². The van der Waals surface area contributed by atoms with Gasteiger partial charge < -0.3 is 20.2 Å². The van der Waals surface area contributed by atoms with Crippen molar-refractivity contribution in [1.29, 1.82) is 0 Å². The Kier molecular flexibility index (Phi) is 6.45. The molecule has 0 saturated carbocycles. The van der Waals surface area contributed by atoms with E-state index in [4.69, 9.17) is 11.6 Å². The van der Waals surface area contributed by atoms with Crippen molar-refractivity contribution in [2.75, 3.05) is 33.7 Å². The molecule has 0 aromatic heterocycles. The van der Waals surface area contributed by atoms with Gasteiger partial charge in [0.2, 0.25) is 5.91 Å². The van der Waals surface area contributed by atoms with Crippen molar-refractivity contribution in [2.45, 2.75) is 25.3 Å². The van der Waals surface area contributed by atoms with Gasteiger partial charge in [-0.1, -0.05) is 11.6 Å². The topological polar surface area (TPSA) is 72.9 Å². The summed E-state index contributed by atoms with van der Waals surface area (Å²) in [6.45, 7) is 2.05. The van der Waals surface area contributed by atoms with Gasteiger partial charge in [-0.05, 0) is 45.1 Å². The van der Waals surface area contributed by atoms with E-state index >= 15 is 0 Å². The third kappa shape index (κ3) is 4.85. The maximum atomic E-state index is 12.1. The summed E-state index contributed by atoms with van der Waals surface area (Å²) in [5.74, 6) is -0.0891. The molecule has 1 heterocycles. The number of likely N-dealkylation sites (tertiary alicyclic amines) is 1. The highest BCUT2D eigenvalue weighted by atomic mass is 35.5. The molecule has 1 aromatic rings. The number of amides is 2. The number of nitrogens with zero attached hydrogens (tertiary/aromatic N) is 2. The average Bonchev–Trinajstić information content (AvgIpc) is 2.88. The first-order valence-corrected chi connectivity index (χ1v) is 8.47. The maximum absolute atomic E-state index is 12.1. The Bertz CT molecular complexity index is 607. The fourth-order valence-electron chi connectivity index (χ4n) is 2.81. The zero-order valence-corrected chi connectivity index (χ0v) is 14.8. The molecule has 0 bridgehead atoms. The minimum Gasteiger partial charge on any atom is -0.506 e. The number of rotatable bonds is 7. The van der Waals surface area contributed by atoms with Crippen molar-refractivity contribution in [2.24, 2.45) is 0 Å². The van der Waals surface area contributed by atoms with E-state index < -0.39 is 0 Å². The van der Waals surface area contributed by atoms with E-state index in [0.29, 0.717) is 18.5 Å². The second kappa shape index (κ2) is 8.35. The lowest BCUT2D eigenvalue weighted by atomic mass is 10.1. The van der Waals surface area contributed by atoms with Gasteiger partial charge in [0.15, 0.2) is 0 Å². The highest BCUT2D eigenvalue weighted by Crippen LogP contribution is 2.24. The number of hydrogen-bond donors (Lipinski definition) is 2. The number of phenolic OH excluding ortho intramolecular Hbond substituents is 1. The van der Waals surface area contributed by atoms with Gasteiger partial charge in [0.25, 0.3) is 5.91 Å². The van der Waals surface area contributed by atoms with Crippen LogP contribution < -0.4 is 5.32 Å². The third-order valence-corrected chi connectivity index (χ3v) is 4.52. The summed E-state index contributed by atoms with van der Waals surface area (Å²) in [6.07, 6.45) is 2.16. The van der Waals surface area contributed by atoms with Gasteiger partial charge in [0.05, 0.1) is 5.02 Å². The van der Waals surface area contributed by atoms with E-state index in [0.717, 1.165) is 25.9 Å². The van der Waals surface area contributed by atoms with Crippen LogP contribution in [0.25, 0.3) is 0 Å². The van der Waals surface area contributed by atoms with Gasteiger partial charge in [-0.25, -0.2) is 0 Å². The molecule has 1 aromatic carbocycles. The molecular formula is C17H24ClN3O3. The summed E-state index contributed by atoms with van der Waals surface area (Å²) in [5, 5.41) is 12.4. The van der Waals surface area contributed by atoms with Crippen LogP contribution in [0.15, 0.2) is 18.2 Å². The smallest absolute Gasteiger partial charge is 0.251 e. The molecule has 7 heteroatoms. The lowest BCUT2D eigenvalue weighted by molar-refractivity contribution is -0.129. The highest BCUT2D eigenvalue weighted by Gasteiger charge is 2.30. The summed E-state index contributed by atoms with van der Waals surface area (Å²) in [4.78, 5) is 28.0. The SMILES string of the molecule is CN(C)CCN1C(=O)CC[C@@H]1CCNC(=O)c1ccc(O)c(Cl)c1. The molecular weight excluding hydrogens is 330 g/mol. The Morgan fingerprint density at radius 1 is 1.46 bits per heavy atom. The Labute approximate surface area is 147 Å². The van der Waals surface area contributed by atoms with Crippen LogP contribution in [0.1, 0.15) is 29.6 Å². The van der Waals surface area contributed by atoms with Crippen molar-refractivity contribution in [1.82, 2.24) is 15.1 Å². The van der Waals surface area contributed by atoms with Crippen LogP contribution in [0.4, 0.5) is 0 Å². The van der Waals surface area contributed by atoms with E-state index in [1.165, 1.54) is 18.2 Å². The Morgan fingerprint density at radius 2 is 2.21 bits per heavy atom. The van der Waals surface area contributed by atoms with Crippen molar-refractivity contribution in [3.05, 3.63) is 28.8 Å². The van der Waals surface area contributed by atoms with Gasteiger partial charge in [-0.2, -0.15) is 0 Å². The molecule has 1 saturated heterocycles. The molecule has 132 valence electrons. The number of phenols is 1. The number of halogens is 1.